The summed E-state index contributed by atoms with van der Waals surface area (Å²) in [6.07, 6.45) is 0. The highest BCUT2D eigenvalue weighted by atomic mass is 28.3. The van der Waals surface area contributed by atoms with Crippen molar-refractivity contribution in [2.45, 2.75) is 0 Å². The van der Waals surface area contributed by atoms with Crippen molar-refractivity contribution in [1.29, 1.82) is 0 Å². The maximum absolute atomic E-state index is 9.80. The van der Waals surface area contributed by atoms with E-state index in [1.165, 1.54) is 10.8 Å². The SMILES string of the molecule is O[SiH](O)c1ccccc1-c1cccc2cc3ccccc3cc12. The van der Waals surface area contributed by atoms with Gasteiger partial charge in [0, 0.05) is 0 Å². The minimum Gasteiger partial charge on any atom is -0.410 e. The topological polar surface area (TPSA) is 40.5 Å². The molecule has 0 spiro atoms. The van der Waals surface area contributed by atoms with Crippen molar-refractivity contribution in [2.24, 2.45) is 0 Å². The van der Waals surface area contributed by atoms with Crippen molar-refractivity contribution in [2.75, 3.05) is 0 Å². The third kappa shape index (κ3) is 2.45. The first-order valence-corrected chi connectivity index (χ1v) is 9.22. The molecule has 23 heavy (non-hydrogen) atoms. The second-order valence-corrected chi connectivity index (χ2v) is 7.06. The zero-order chi connectivity index (χ0) is 15.8. The summed E-state index contributed by atoms with van der Waals surface area (Å²) < 4.78 is 0. The fourth-order valence-electron chi connectivity index (χ4n) is 3.17. The molecule has 0 atom stereocenters. The molecule has 2 nitrogen and oxygen atoms in total. The van der Waals surface area contributed by atoms with Crippen molar-refractivity contribution in [3.63, 3.8) is 0 Å². The van der Waals surface area contributed by atoms with Gasteiger partial charge in [-0.1, -0.05) is 66.7 Å². The van der Waals surface area contributed by atoms with Gasteiger partial charge in [0.25, 0.3) is 0 Å². The molecule has 0 saturated heterocycles. The minimum absolute atomic E-state index is 0.660. The van der Waals surface area contributed by atoms with E-state index in [9.17, 15) is 9.59 Å². The van der Waals surface area contributed by atoms with Crippen LogP contribution in [0.3, 0.4) is 0 Å². The van der Waals surface area contributed by atoms with Crippen LogP contribution < -0.4 is 5.19 Å². The summed E-state index contributed by atoms with van der Waals surface area (Å²) in [5.41, 5.74) is 1.96. The standard InChI is InChI=1S/C20H16O2Si/c21-23(22)20-11-4-3-9-18(20)17-10-5-8-16-12-14-6-1-2-7-15(14)13-19(16)17/h1-13,21-23H. The summed E-state index contributed by atoms with van der Waals surface area (Å²) >= 11 is 0. The maximum atomic E-state index is 9.80. The summed E-state index contributed by atoms with van der Waals surface area (Å²) in [4.78, 5) is 19.6. The molecular formula is C20H16O2Si. The predicted octanol–water partition coefficient (Wildman–Crippen LogP) is 3.07. The number of hydrogen-bond donors (Lipinski definition) is 2. The van der Waals surface area contributed by atoms with E-state index in [1.54, 1.807) is 0 Å². The molecule has 0 amide bonds. The van der Waals surface area contributed by atoms with Crippen molar-refractivity contribution in [1.82, 2.24) is 0 Å². The van der Waals surface area contributed by atoms with E-state index in [0.29, 0.717) is 5.19 Å². The second-order valence-electron chi connectivity index (χ2n) is 5.69. The average Bonchev–Trinajstić information content (AvgIpc) is 2.59. The van der Waals surface area contributed by atoms with Crippen LogP contribution in [0.2, 0.25) is 0 Å². The Morgan fingerprint density at radius 3 is 1.96 bits per heavy atom. The van der Waals surface area contributed by atoms with Gasteiger partial charge >= 0.3 is 9.28 Å². The molecule has 3 heteroatoms. The van der Waals surface area contributed by atoms with Crippen molar-refractivity contribution >= 4 is 36.0 Å². The van der Waals surface area contributed by atoms with Crippen molar-refractivity contribution in [3.05, 3.63) is 78.9 Å². The Bertz CT molecular complexity index is 1010. The molecule has 0 aromatic heterocycles. The lowest BCUT2D eigenvalue weighted by Gasteiger charge is -2.13. The summed E-state index contributed by atoms with van der Waals surface area (Å²) in [7, 11) is -2.87. The van der Waals surface area contributed by atoms with Gasteiger partial charge in [-0.3, -0.25) is 0 Å². The molecule has 4 aromatic rings. The Labute approximate surface area is 136 Å². The van der Waals surface area contributed by atoms with Gasteiger partial charge < -0.3 is 9.59 Å². The highest BCUT2D eigenvalue weighted by Crippen LogP contribution is 2.31. The fraction of sp³-hybridized carbons (Fsp3) is 0. The van der Waals surface area contributed by atoms with Crippen molar-refractivity contribution in [3.8, 4) is 11.1 Å². The van der Waals surface area contributed by atoms with Gasteiger partial charge in [0.15, 0.2) is 0 Å². The summed E-state index contributed by atoms with van der Waals surface area (Å²) in [5.74, 6) is 0. The van der Waals surface area contributed by atoms with Gasteiger partial charge in [-0.05, 0) is 50.0 Å². The lowest BCUT2D eigenvalue weighted by molar-refractivity contribution is 0.426. The Morgan fingerprint density at radius 1 is 0.565 bits per heavy atom. The zero-order valence-electron chi connectivity index (χ0n) is 12.5. The van der Waals surface area contributed by atoms with Crippen molar-refractivity contribution < 1.29 is 9.59 Å². The largest absolute Gasteiger partial charge is 0.410 e. The van der Waals surface area contributed by atoms with E-state index in [4.69, 9.17) is 0 Å². The third-order valence-electron chi connectivity index (χ3n) is 4.28. The van der Waals surface area contributed by atoms with Crippen LogP contribution in [0.1, 0.15) is 0 Å². The molecule has 0 saturated carbocycles. The lowest BCUT2D eigenvalue weighted by Crippen LogP contribution is -2.31. The van der Waals surface area contributed by atoms with E-state index in [1.807, 2.05) is 48.5 Å². The summed E-state index contributed by atoms with van der Waals surface area (Å²) in [6, 6.07) is 26.4. The van der Waals surface area contributed by atoms with Crippen LogP contribution in [0.25, 0.3) is 32.7 Å². The van der Waals surface area contributed by atoms with Crippen LogP contribution in [-0.4, -0.2) is 18.9 Å². The average molecular weight is 316 g/mol. The smallest absolute Gasteiger partial charge is 0.351 e. The minimum atomic E-state index is -2.87. The first kappa shape index (κ1) is 14.1. The quantitative estimate of drug-likeness (QED) is 0.441. The van der Waals surface area contributed by atoms with Gasteiger partial charge in [0.05, 0.1) is 0 Å². The molecule has 2 N–H and O–H groups in total. The Kier molecular flexibility index (Phi) is 3.46. The third-order valence-corrected chi connectivity index (χ3v) is 5.34. The molecule has 0 radical (unpaired) electrons. The van der Waals surface area contributed by atoms with Crippen LogP contribution in [-0.2, 0) is 0 Å². The number of benzene rings is 4. The molecule has 0 fully saturated rings. The molecule has 0 aliphatic rings. The van der Waals surface area contributed by atoms with Crippen LogP contribution in [0.15, 0.2) is 78.9 Å². The molecule has 0 heterocycles. The molecule has 0 unspecified atom stereocenters. The van der Waals surface area contributed by atoms with E-state index in [0.717, 1.165) is 21.9 Å². The van der Waals surface area contributed by atoms with E-state index in [-0.39, 0.29) is 0 Å². The van der Waals surface area contributed by atoms with E-state index in [2.05, 4.69) is 30.3 Å². The predicted molar refractivity (Wildman–Crippen MR) is 98.1 cm³/mol. The van der Waals surface area contributed by atoms with Gasteiger partial charge in [0.2, 0.25) is 0 Å². The van der Waals surface area contributed by atoms with Crippen LogP contribution in [0.4, 0.5) is 0 Å². The molecule has 0 aliphatic heterocycles. The molecular weight excluding hydrogens is 300 g/mol. The number of hydrogen-bond acceptors (Lipinski definition) is 2. The first-order valence-electron chi connectivity index (χ1n) is 7.61. The summed E-state index contributed by atoms with van der Waals surface area (Å²) in [6.45, 7) is 0. The first-order chi connectivity index (χ1) is 11.2. The monoisotopic (exact) mass is 316 g/mol. The maximum Gasteiger partial charge on any atom is 0.351 e. The normalized spacial score (nSPS) is 11.4. The van der Waals surface area contributed by atoms with E-state index < -0.39 is 9.28 Å². The van der Waals surface area contributed by atoms with Gasteiger partial charge in [-0.25, -0.2) is 0 Å². The summed E-state index contributed by atoms with van der Waals surface area (Å²) in [5, 5.41) is 5.35. The van der Waals surface area contributed by atoms with Gasteiger partial charge in [-0.15, -0.1) is 0 Å². The number of fused-ring (bicyclic) bond motifs is 2. The Morgan fingerprint density at radius 2 is 1.17 bits per heavy atom. The molecule has 112 valence electrons. The van der Waals surface area contributed by atoms with Gasteiger partial charge in [-0.2, -0.15) is 0 Å². The highest BCUT2D eigenvalue weighted by molar-refractivity contribution is 6.60. The lowest BCUT2D eigenvalue weighted by atomic mass is 9.95. The fourth-order valence-corrected chi connectivity index (χ4v) is 3.98. The molecule has 0 bridgehead atoms. The second kappa shape index (κ2) is 5.63. The highest BCUT2D eigenvalue weighted by Gasteiger charge is 2.15. The molecule has 0 aliphatic carbocycles. The Balaban J connectivity index is 2.06. The Hall–Kier alpha value is -2.46. The van der Waals surface area contributed by atoms with Crippen LogP contribution >= 0.6 is 0 Å². The van der Waals surface area contributed by atoms with E-state index >= 15 is 0 Å². The number of rotatable bonds is 2. The van der Waals surface area contributed by atoms with Crippen LogP contribution in [0, 0.1) is 0 Å². The van der Waals surface area contributed by atoms with Crippen LogP contribution in [0.5, 0.6) is 0 Å². The molecule has 4 rings (SSSR count). The molecule has 4 aromatic carbocycles. The zero-order valence-corrected chi connectivity index (χ0v) is 13.6. The van der Waals surface area contributed by atoms with Gasteiger partial charge in [0.1, 0.15) is 0 Å².